The zero-order valence-corrected chi connectivity index (χ0v) is 14.4. The Morgan fingerprint density at radius 2 is 1.68 bits per heavy atom. The van der Waals surface area contributed by atoms with Crippen LogP contribution in [0.25, 0.3) is 0 Å². The summed E-state index contributed by atoms with van der Waals surface area (Å²) in [7, 11) is 0. The topological polar surface area (TPSA) is 76.4 Å². The SMILES string of the molecule is CC(C)(C)OC(=O)NCC1CCCC1NC1CCCC1CN. The van der Waals surface area contributed by atoms with Crippen LogP contribution in [0.3, 0.4) is 0 Å². The molecule has 5 heteroatoms. The molecule has 0 bridgehead atoms. The van der Waals surface area contributed by atoms with Gasteiger partial charge in [0.05, 0.1) is 0 Å². The van der Waals surface area contributed by atoms with Gasteiger partial charge in [-0.05, 0) is 64.8 Å². The molecule has 128 valence electrons. The lowest BCUT2D eigenvalue weighted by Crippen LogP contribution is -2.46. The van der Waals surface area contributed by atoms with Crippen LogP contribution in [0.2, 0.25) is 0 Å². The summed E-state index contributed by atoms with van der Waals surface area (Å²) in [5.41, 5.74) is 5.44. The van der Waals surface area contributed by atoms with E-state index in [0.29, 0.717) is 30.5 Å². The van der Waals surface area contributed by atoms with Gasteiger partial charge in [-0.3, -0.25) is 0 Å². The van der Waals surface area contributed by atoms with Crippen LogP contribution >= 0.6 is 0 Å². The lowest BCUT2D eigenvalue weighted by molar-refractivity contribution is 0.0517. The number of carbonyl (C=O) groups is 1. The fourth-order valence-electron chi connectivity index (χ4n) is 3.84. The second-order valence-electron chi connectivity index (χ2n) is 7.88. The lowest BCUT2D eigenvalue weighted by atomic mass is 9.98. The van der Waals surface area contributed by atoms with Crippen LogP contribution < -0.4 is 16.4 Å². The predicted molar refractivity (Wildman–Crippen MR) is 88.7 cm³/mol. The number of alkyl carbamates (subject to hydrolysis) is 1. The Labute approximate surface area is 134 Å². The summed E-state index contributed by atoms with van der Waals surface area (Å²) >= 11 is 0. The molecule has 2 fully saturated rings. The number of hydrogen-bond acceptors (Lipinski definition) is 4. The summed E-state index contributed by atoms with van der Waals surface area (Å²) < 4.78 is 5.31. The maximum Gasteiger partial charge on any atom is 0.407 e. The molecule has 1 amide bonds. The second kappa shape index (κ2) is 7.64. The number of ether oxygens (including phenoxy) is 1. The van der Waals surface area contributed by atoms with Crippen molar-refractivity contribution in [1.29, 1.82) is 0 Å². The van der Waals surface area contributed by atoms with E-state index in [-0.39, 0.29) is 6.09 Å². The maximum atomic E-state index is 11.8. The van der Waals surface area contributed by atoms with E-state index in [2.05, 4.69) is 10.6 Å². The fraction of sp³-hybridized carbons (Fsp3) is 0.941. The van der Waals surface area contributed by atoms with Crippen LogP contribution in [0.4, 0.5) is 4.79 Å². The molecule has 4 unspecified atom stereocenters. The lowest BCUT2D eigenvalue weighted by Gasteiger charge is -2.28. The average Bonchev–Trinajstić information content (AvgIpc) is 3.04. The molecule has 0 spiro atoms. The Hall–Kier alpha value is -0.810. The first kappa shape index (κ1) is 17.5. The molecular weight excluding hydrogens is 278 g/mol. The van der Waals surface area contributed by atoms with Gasteiger partial charge in [-0.1, -0.05) is 12.8 Å². The van der Waals surface area contributed by atoms with Gasteiger partial charge >= 0.3 is 6.09 Å². The summed E-state index contributed by atoms with van der Waals surface area (Å²) in [6.07, 6.45) is 7.08. The van der Waals surface area contributed by atoms with Gasteiger partial charge < -0.3 is 21.1 Å². The van der Waals surface area contributed by atoms with Crippen molar-refractivity contribution >= 4 is 6.09 Å². The first-order chi connectivity index (χ1) is 10.4. The summed E-state index contributed by atoms with van der Waals surface area (Å²) in [6.45, 7) is 7.15. The van der Waals surface area contributed by atoms with Crippen molar-refractivity contribution < 1.29 is 9.53 Å². The highest BCUT2D eigenvalue weighted by Gasteiger charge is 2.33. The predicted octanol–water partition coefficient (Wildman–Crippen LogP) is 2.40. The van der Waals surface area contributed by atoms with Gasteiger partial charge in [0.25, 0.3) is 0 Å². The molecule has 4 atom stereocenters. The van der Waals surface area contributed by atoms with Crippen molar-refractivity contribution in [3.63, 3.8) is 0 Å². The van der Waals surface area contributed by atoms with E-state index in [9.17, 15) is 4.79 Å². The highest BCUT2D eigenvalue weighted by molar-refractivity contribution is 5.67. The van der Waals surface area contributed by atoms with Crippen molar-refractivity contribution in [3.05, 3.63) is 0 Å². The van der Waals surface area contributed by atoms with E-state index in [0.717, 1.165) is 6.54 Å². The van der Waals surface area contributed by atoms with Crippen molar-refractivity contribution in [2.45, 2.75) is 77.0 Å². The molecule has 2 aliphatic carbocycles. The summed E-state index contributed by atoms with van der Waals surface area (Å²) in [5.74, 6) is 1.13. The van der Waals surface area contributed by atoms with Crippen LogP contribution in [0.5, 0.6) is 0 Å². The third kappa shape index (κ3) is 5.13. The first-order valence-electron chi connectivity index (χ1n) is 8.82. The monoisotopic (exact) mass is 311 g/mol. The summed E-state index contributed by atoms with van der Waals surface area (Å²) in [4.78, 5) is 11.8. The van der Waals surface area contributed by atoms with E-state index >= 15 is 0 Å². The van der Waals surface area contributed by atoms with Gasteiger partial charge in [-0.15, -0.1) is 0 Å². The number of carbonyl (C=O) groups excluding carboxylic acids is 1. The third-order valence-electron chi connectivity index (χ3n) is 4.96. The molecule has 0 aromatic rings. The van der Waals surface area contributed by atoms with Gasteiger partial charge in [0.1, 0.15) is 5.60 Å². The Balaban J connectivity index is 1.77. The van der Waals surface area contributed by atoms with Crippen molar-refractivity contribution in [2.24, 2.45) is 17.6 Å². The van der Waals surface area contributed by atoms with E-state index < -0.39 is 5.60 Å². The van der Waals surface area contributed by atoms with Crippen molar-refractivity contribution in [1.82, 2.24) is 10.6 Å². The van der Waals surface area contributed by atoms with E-state index in [1.54, 1.807) is 0 Å². The van der Waals surface area contributed by atoms with E-state index in [4.69, 9.17) is 10.5 Å². The molecule has 2 saturated carbocycles. The van der Waals surface area contributed by atoms with Crippen molar-refractivity contribution in [3.8, 4) is 0 Å². The van der Waals surface area contributed by atoms with Gasteiger partial charge in [-0.25, -0.2) is 4.79 Å². The largest absolute Gasteiger partial charge is 0.444 e. The minimum absolute atomic E-state index is 0.307. The number of nitrogens with two attached hydrogens (primary N) is 1. The number of rotatable bonds is 5. The quantitative estimate of drug-likeness (QED) is 0.728. The molecule has 4 N–H and O–H groups in total. The highest BCUT2D eigenvalue weighted by atomic mass is 16.6. The minimum Gasteiger partial charge on any atom is -0.444 e. The molecule has 0 heterocycles. The van der Waals surface area contributed by atoms with Gasteiger partial charge in [0.15, 0.2) is 0 Å². The second-order valence-corrected chi connectivity index (χ2v) is 7.88. The Kier molecular flexibility index (Phi) is 6.09. The average molecular weight is 311 g/mol. The zero-order chi connectivity index (χ0) is 16.2. The minimum atomic E-state index is -0.435. The number of nitrogens with one attached hydrogen (secondary N) is 2. The normalized spacial score (nSPS) is 32.2. The van der Waals surface area contributed by atoms with Crippen molar-refractivity contribution in [2.75, 3.05) is 13.1 Å². The fourth-order valence-corrected chi connectivity index (χ4v) is 3.84. The van der Waals surface area contributed by atoms with Crippen LogP contribution in [-0.4, -0.2) is 36.9 Å². The van der Waals surface area contributed by atoms with Gasteiger partial charge in [0.2, 0.25) is 0 Å². The third-order valence-corrected chi connectivity index (χ3v) is 4.96. The van der Waals surface area contributed by atoms with E-state index in [1.165, 1.54) is 38.5 Å². The molecule has 0 radical (unpaired) electrons. The van der Waals surface area contributed by atoms with Gasteiger partial charge in [0, 0.05) is 18.6 Å². The molecule has 0 aromatic carbocycles. The summed E-state index contributed by atoms with van der Waals surface area (Å²) in [5, 5.41) is 6.76. The molecule has 22 heavy (non-hydrogen) atoms. The first-order valence-corrected chi connectivity index (χ1v) is 8.82. The Bertz CT molecular complexity index is 367. The number of amides is 1. The molecule has 2 rings (SSSR count). The maximum absolute atomic E-state index is 11.8. The van der Waals surface area contributed by atoms with E-state index in [1.807, 2.05) is 20.8 Å². The van der Waals surface area contributed by atoms with Crippen LogP contribution in [0, 0.1) is 11.8 Å². The molecule has 0 saturated heterocycles. The Morgan fingerprint density at radius 3 is 2.27 bits per heavy atom. The highest BCUT2D eigenvalue weighted by Crippen LogP contribution is 2.30. The molecule has 0 aromatic heterocycles. The number of hydrogen-bond donors (Lipinski definition) is 3. The van der Waals surface area contributed by atoms with Crippen LogP contribution in [0.1, 0.15) is 59.3 Å². The summed E-state index contributed by atoms with van der Waals surface area (Å²) in [6, 6.07) is 1.07. The van der Waals surface area contributed by atoms with Crippen LogP contribution in [-0.2, 0) is 4.74 Å². The smallest absolute Gasteiger partial charge is 0.407 e. The zero-order valence-electron chi connectivity index (χ0n) is 14.4. The standard InChI is InChI=1S/C17H33N3O2/c1-17(2,3)22-16(21)19-11-13-7-5-9-15(13)20-14-8-4-6-12(14)10-18/h12-15,20H,4-11,18H2,1-3H3,(H,19,21). The molecule has 5 nitrogen and oxygen atoms in total. The molecule has 0 aliphatic heterocycles. The van der Waals surface area contributed by atoms with Crippen LogP contribution in [0.15, 0.2) is 0 Å². The molecule has 2 aliphatic rings. The molecular formula is C17H33N3O2. The van der Waals surface area contributed by atoms with Gasteiger partial charge in [-0.2, -0.15) is 0 Å². The Morgan fingerprint density at radius 1 is 1.09 bits per heavy atom.